The molecular weight excluding hydrogens is 306 g/mol. The zero-order valence-electron chi connectivity index (χ0n) is 10.6. The molecule has 0 heterocycles. The molecule has 0 aromatic heterocycles. The Bertz CT molecular complexity index is 580. The van der Waals surface area contributed by atoms with Gasteiger partial charge in [-0.15, -0.1) is 0 Å². The van der Waals surface area contributed by atoms with Crippen molar-refractivity contribution in [2.75, 3.05) is 0 Å². The lowest BCUT2D eigenvalue weighted by molar-refractivity contribution is -0.110. The number of benzene rings is 2. The van der Waals surface area contributed by atoms with E-state index >= 15 is 0 Å². The maximum Gasteiger partial charge on any atom is 0.445 e. The quantitative estimate of drug-likeness (QED) is 0.564. The second kappa shape index (κ2) is 6.35. The molecule has 0 aliphatic carbocycles. The lowest BCUT2D eigenvalue weighted by Crippen LogP contribution is -2.16. The van der Waals surface area contributed by atoms with E-state index in [1.54, 1.807) is 36.4 Å². The Morgan fingerprint density at radius 3 is 1.43 bits per heavy atom. The van der Waals surface area contributed by atoms with Gasteiger partial charge in [-0.1, -0.05) is 60.7 Å². The standard InChI is InChI=1S/C15H10F5P/c16-13(15(18,19)20)14(17)21(11-7-3-1-4-8-11)12-9-5-2-6-10-12/h1-10H/b14-13-. The molecule has 0 aliphatic heterocycles. The first-order valence-electron chi connectivity index (χ1n) is 5.94. The first kappa shape index (κ1) is 15.6. The molecule has 2 rings (SSSR count). The Morgan fingerprint density at radius 1 is 0.714 bits per heavy atom. The summed E-state index contributed by atoms with van der Waals surface area (Å²) in [6, 6.07) is 15.6. The number of hydrogen-bond donors (Lipinski definition) is 0. The fourth-order valence-corrected chi connectivity index (χ4v) is 3.76. The van der Waals surface area contributed by atoms with E-state index in [0.717, 1.165) is 0 Å². The van der Waals surface area contributed by atoms with Gasteiger partial charge in [0.1, 0.15) is 0 Å². The predicted molar refractivity (Wildman–Crippen MR) is 74.4 cm³/mol. The smallest absolute Gasteiger partial charge is 0.203 e. The summed E-state index contributed by atoms with van der Waals surface area (Å²) < 4.78 is 64.7. The van der Waals surface area contributed by atoms with Gasteiger partial charge >= 0.3 is 6.18 Å². The van der Waals surface area contributed by atoms with Crippen LogP contribution in [-0.4, -0.2) is 6.18 Å². The van der Waals surface area contributed by atoms with Crippen molar-refractivity contribution < 1.29 is 22.0 Å². The Morgan fingerprint density at radius 2 is 1.10 bits per heavy atom. The van der Waals surface area contributed by atoms with Crippen LogP contribution in [0.2, 0.25) is 0 Å². The molecule has 110 valence electrons. The van der Waals surface area contributed by atoms with Crippen LogP contribution in [0.1, 0.15) is 0 Å². The van der Waals surface area contributed by atoms with Gasteiger partial charge in [-0.25, -0.2) is 4.39 Å². The molecule has 0 nitrogen and oxygen atoms in total. The van der Waals surface area contributed by atoms with Gasteiger partial charge in [-0.3, -0.25) is 0 Å². The van der Waals surface area contributed by atoms with Crippen molar-refractivity contribution in [3.05, 3.63) is 72.1 Å². The van der Waals surface area contributed by atoms with E-state index in [1.807, 2.05) is 0 Å². The highest BCUT2D eigenvalue weighted by atomic mass is 31.1. The van der Waals surface area contributed by atoms with Crippen LogP contribution in [0, 0.1) is 0 Å². The molecule has 0 radical (unpaired) electrons. The highest BCUT2D eigenvalue weighted by Crippen LogP contribution is 2.48. The summed E-state index contributed by atoms with van der Waals surface area (Å²) in [5.41, 5.74) is -1.77. The number of halogens is 5. The maximum absolute atomic E-state index is 14.1. The second-order valence-corrected chi connectivity index (χ2v) is 6.21. The highest BCUT2D eigenvalue weighted by Gasteiger charge is 2.40. The van der Waals surface area contributed by atoms with E-state index in [0.29, 0.717) is 10.6 Å². The first-order valence-corrected chi connectivity index (χ1v) is 7.28. The van der Waals surface area contributed by atoms with Gasteiger partial charge < -0.3 is 0 Å². The largest absolute Gasteiger partial charge is 0.445 e. The van der Waals surface area contributed by atoms with Crippen molar-refractivity contribution in [1.82, 2.24) is 0 Å². The first-order chi connectivity index (χ1) is 9.91. The molecule has 0 atom stereocenters. The van der Waals surface area contributed by atoms with E-state index in [2.05, 4.69) is 0 Å². The molecule has 0 unspecified atom stereocenters. The summed E-state index contributed by atoms with van der Waals surface area (Å²) in [5, 5.41) is 0.631. The normalized spacial score (nSPS) is 13.2. The van der Waals surface area contributed by atoms with E-state index in [1.165, 1.54) is 24.3 Å². The van der Waals surface area contributed by atoms with Gasteiger partial charge in [0.25, 0.3) is 0 Å². The van der Waals surface area contributed by atoms with Gasteiger partial charge in [-0.05, 0) is 10.6 Å². The summed E-state index contributed by atoms with van der Waals surface area (Å²) in [6.07, 6.45) is -5.33. The van der Waals surface area contributed by atoms with Crippen molar-refractivity contribution >= 4 is 18.5 Å². The second-order valence-electron chi connectivity index (χ2n) is 4.11. The SMILES string of the molecule is F/C(=C(/F)C(F)(F)F)P(c1ccccc1)c1ccccc1. The molecule has 6 heteroatoms. The van der Waals surface area contributed by atoms with Crippen LogP contribution >= 0.6 is 7.92 Å². The fraction of sp³-hybridized carbons (Fsp3) is 0.0667. The van der Waals surface area contributed by atoms with Crippen LogP contribution in [0.15, 0.2) is 72.1 Å². The van der Waals surface area contributed by atoms with Gasteiger partial charge in [0, 0.05) is 7.92 Å². The predicted octanol–water partition coefficient (Wildman–Crippen LogP) is 4.79. The number of alkyl halides is 3. The Hall–Kier alpha value is -1.74. The topological polar surface area (TPSA) is 0 Å². The third kappa shape index (κ3) is 3.67. The van der Waals surface area contributed by atoms with Crippen molar-refractivity contribution in [3.63, 3.8) is 0 Å². The van der Waals surface area contributed by atoms with Gasteiger partial charge in [0.2, 0.25) is 5.83 Å². The molecular formula is C15H10F5P. The minimum Gasteiger partial charge on any atom is -0.203 e. The summed E-state index contributed by atoms with van der Waals surface area (Å²) in [7, 11) is -2.20. The van der Waals surface area contributed by atoms with Crippen LogP contribution in [-0.2, 0) is 0 Å². The lowest BCUT2D eigenvalue weighted by atomic mass is 10.4. The van der Waals surface area contributed by atoms with Gasteiger partial charge in [-0.2, -0.15) is 17.6 Å². The van der Waals surface area contributed by atoms with Crippen LogP contribution in [0.5, 0.6) is 0 Å². The molecule has 0 saturated carbocycles. The molecule has 0 bridgehead atoms. The van der Waals surface area contributed by atoms with E-state index < -0.39 is 25.5 Å². The molecule has 2 aromatic rings. The van der Waals surface area contributed by atoms with Crippen molar-refractivity contribution in [2.45, 2.75) is 6.18 Å². The third-order valence-corrected chi connectivity index (χ3v) is 4.87. The Kier molecular flexibility index (Phi) is 4.73. The van der Waals surface area contributed by atoms with Gasteiger partial charge in [0.15, 0.2) is 5.57 Å². The fourth-order valence-electron chi connectivity index (χ4n) is 1.75. The Labute approximate surface area is 119 Å². The molecule has 21 heavy (non-hydrogen) atoms. The van der Waals surface area contributed by atoms with E-state index in [4.69, 9.17) is 0 Å². The molecule has 0 saturated heterocycles. The van der Waals surface area contributed by atoms with Crippen LogP contribution in [0.25, 0.3) is 0 Å². The van der Waals surface area contributed by atoms with E-state index in [9.17, 15) is 22.0 Å². The lowest BCUT2D eigenvalue weighted by Gasteiger charge is -2.18. The molecule has 2 aromatic carbocycles. The summed E-state index contributed by atoms with van der Waals surface area (Å²) in [6.45, 7) is 0. The zero-order chi connectivity index (χ0) is 15.5. The molecule has 0 spiro atoms. The highest BCUT2D eigenvalue weighted by molar-refractivity contribution is 7.76. The average Bonchev–Trinajstić information content (AvgIpc) is 2.48. The van der Waals surface area contributed by atoms with Crippen LogP contribution < -0.4 is 10.6 Å². The van der Waals surface area contributed by atoms with Gasteiger partial charge in [0.05, 0.1) is 0 Å². The number of hydrogen-bond acceptors (Lipinski definition) is 0. The van der Waals surface area contributed by atoms with Crippen LogP contribution in [0.4, 0.5) is 22.0 Å². The summed E-state index contributed by atoms with van der Waals surface area (Å²) >= 11 is 0. The van der Waals surface area contributed by atoms with E-state index in [-0.39, 0.29) is 0 Å². The monoisotopic (exact) mass is 316 g/mol. The summed E-state index contributed by atoms with van der Waals surface area (Å²) in [4.78, 5) is 0. The molecule has 0 fully saturated rings. The Balaban J connectivity index is 2.58. The maximum atomic E-state index is 14.1. The molecule has 0 amide bonds. The third-order valence-electron chi connectivity index (χ3n) is 2.66. The van der Waals surface area contributed by atoms with Crippen molar-refractivity contribution in [3.8, 4) is 0 Å². The van der Waals surface area contributed by atoms with Crippen LogP contribution in [0.3, 0.4) is 0 Å². The van der Waals surface area contributed by atoms with Crippen molar-refractivity contribution in [2.24, 2.45) is 0 Å². The minimum absolute atomic E-state index is 0.315. The van der Waals surface area contributed by atoms with Crippen molar-refractivity contribution in [1.29, 1.82) is 0 Å². The average molecular weight is 316 g/mol. The summed E-state index contributed by atoms with van der Waals surface area (Å²) in [5.74, 6) is -2.67. The number of rotatable bonds is 3. The molecule has 0 aliphatic rings. The number of allylic oxidation sites excluding steroid dienone is 1. The minimum atomic E-state index is -5.33. The zero-order valence-corrected chi connectivity index (χ0v) is 11.5. The molecule has 0 N–H and O–H groups in total.